The molecule has 1 aliphatic heterocycles. The fourth-order valence-corrected chi connectivity index (χ4v) is 2.65. The summed E-state index contributed by atoms with van der Waals surface area (Å²) in [4.78, 5) is 0. The van der Waals surface area contributed by atoms with Crippen LogP contribution >= 0.6 is 0 Å². The summed E-state index contributed by atoms with van der Waals surface area (Å²) in [5, 5.41) is 20.0. The molecule has 1 saturated heterocycles. The first kappa shape index (κ1) is 15.9. The highest BCUT2D eigenvalue weighted by atomic mass is 16.5. The third-order valence-electron chi connectivity index (χ3n) is 3.88. The molecule has 3 nitrogen and oxygen atoms in total. The van der Waals surface area contributed by atoms with E-state index in [-0.39, 0.29) is 18.3 Å². The lowest BCUT2D eigenvalue weighted by atomic mass is 10.0. The topological polar surface area (TPSA) is 49.7 Å². The third-order valence-corrected chi connectivity index (χ3v) is 3.88. The lowest BCUT2D eigenvalue weighted by Gasteiger charge is -2.19. The van der Waals surface area contributed by atoms with Crippen molar-refractivity contribution in [3.63, 3.8) is 0 Å². The maximum absolute atomic E-state index is 10.0. The van der Waals surface area contributed by atoms with Crippen LogP contribution in [-0.4, -0.2) is 34.6 Å². The normalized spacial score (nSPS) is 29.7. The Morgan fingerprint density at radius 1 is 1.11 bits per heavy atom. The monoisotopic (exact) mass is 258 g/mol. The minimum absolute atomic E-state index is 0.0534. The molecule has 0 aliphatic carbocycles. The number of aliphatic hydroxyl groups is 2. The molecule has 1 rings (SSSR count). The Labute approximate surface area is 112 Å². The van der Waals surface area contributed by atoms with E-state index in [1.54, 1.807) is 0 Å². The summed E-state index contributed by atoms with van der Waals surface area (Å²) in [6, 6.07) is 0. The molecule has 0 radical (unpaired) electrons. The molecule has 0 spiro atoms. The fraction of sp³-hybridized carbons (Fsp3) is 1.00. The quantitative estimate of drug-likeness (QED) is 0.625. The lowest BCUT2D eigenvalue weighted by molar-refractivity contribution is -0.0498. The summed E-state index contributed by atoms with van der Waals surface area (Å²) in [5.41, 5.74) is 0. The zero-order chi connectivity index (χ0) is 13.4. The van der Waals surface area contributed by atoms with Crippen molar-refractivity contribution < 1.29 is 14.9 Å². The van der Waals surface area contributed by atoms with Gasteiger partial charge in [0.05, 0.1) is 24.4 Å². The van der Waals surface area contributed by atoms with Gasteiger partial charge in [-0.15, -0.1) is 0 Å². The predicted molar refractivity (Wildman–Crippen MR) is 73.6 cm³/mol. The van der Waals surface area contributed by atoms with E-state index in [2.05, 4.69) is 13.8 Å². The van der Waals surface area contributed by atoms with Crippen LogP contribution in [0.25, 0.3) is 0 Å². The van der Waals surface area contributed by atoms with Crippen LogP contribution < -0.4 is 0 Å². The SMILES string of the molecule is CCCCC[C@@H]1O[C@H]([C@@H](O)CCCCC)C[C@@H]1O. The average molecular weight is 258 g/mol. The molecule has 1 aliphatic rings. The Hall–Kier alpha value is -0.120. The van der Waals surface area contributed by atoms with E-state index in [0.717, 1.165) is 32.1 Å². The van der Waals surface area contributed by atoms with Crippen LogP contribution in [0, 0.1) is 0 Å². The highest BCUT2D eigenvalue weighted by molar-refractivity contribution is 4.85. The Morgan fingerprint density at radius 3 is 2.44 bits per heavy atom. The molecule has 2 N–H and O–H groups in total. The first-order valence-corrected chi connectivity index (χ1v) is 7.70. The number of unbranched alkanes of at least 4 members (excludes halogenated alkanes) is 4. The van der Waals surface area contributed by atoms with Crippen LogP contribution in [-0.2, 0) is 4.74 Å². The zero-order valence-electron chi connectivity index (χ0n) is 12.0. The molecule has 0 saturated carbocycles. The van der Waals surface area contributed by atoms with Gasteiger partial charge in [0.1, 0.15) is 0 Å². The molecule has 0 aromatic carbocycles. The average Bonchev–Trinajstić information content (AvgIpc) is 2.72. The van der Waals surface area contributed by atoms with Gasteiger partial charge in [-0.2, -0.15) is 0 Å². The summed E-state index contributed by atoms with van der Waals surface area (Å²) in [6.07, 6.45) is 8.20. The van der Waals surface area contributed by atoms with E-state index in [1.807, 2.05) is 0 Å². The van der Waals surface area contributed by atoms with Gasteiger partial charge >= 0.3 is 0 Å². The number of hydrogen-bond donors (Lipinski definition) is 2. The number of aliphatic hydroxyl groups excluding tert-OH is 2. The van der Waals surface area contributed by atoms with E-state index < -0.39 is 6.10 Å². The third kappa shape index (κ3) is 5.25. The highest BCUT2D eigenvalue weighted by Gasteiger charge is 2.36. The molecule has 18 heavy (non-hydrogen) atoms. The summed E-state index contributed by atoms with van der Waals surface area (Å²) < 4.78 is 5.81. The Kier molecular flexibility index (Phi) is 7.87. The Morgan fingerprint density at radius 2 is 1.78 bits per heavy atom. The van der Waals surface area contributed by atoms with Crippen molar-refractivity contribution in [3.05, 3.63) is 0 Å². The summed E-state index contributed by atoms with van der Waals surface area (Å²) in [6.45, 7) is 4.33. The van der Waals surface area contributed by atoms with Gasteiger partial charge in [-0.1, -0.05) is 52.4 Å². The van der Waals surface area contributed by atoms with Crippen molar-refractivity contribution in [3.8, 4) is 0 Å². The second-order valence-electron chi connectivity index (χ2n) is 5.57. The van der Waals surface area contributed by atoms with Gasteiger partial charge in [-0.3, -0.25) is 0 Å². The van der Waals surface area contributed by atoms with Crippen molar-refractivity contribution in [2.75, 3.05) is 0 Å². The molecule has 0 unspecified atom stereocenters. The summed E-state index contributed by atoms with van der Waals surface area (Å²) in [5.74, 6) is 0. The molecule has 3 heteroatoms. The molecule has 108 valence electrons. The van der Waals surface area contributed by atoms with Gasteiger partial charge in [0.25, 0.3) is 0 Å². The van der Waals surface area contributed by atoms with Crippen molar-refractivity contribution in [1.82, 2.24) is 0 Å². The smallest absolute Gasteiger partial charge is 0.0864 e. The maximum atomic E-state index is 10.0. The molecule has 0 aromatic rings. The minimum atomic E-state index is -0.401. The van der Waals surface area contributed by atoms with Crippen LogP contribution in [0.2, 0.25) is 0 Å². The van der Waals surface area contributed by atoms with Crippen LogP contribution in [0.5, 0.6) is 0 Å². The molecule has 1 fully saturated rings. The molecular weight excluding hydrogens is 228 g/mol. The van der Waals surface area contributed by atoms with Gasteiger partial charge < -0.3 is 14.9 Å². The van der Waals surface area contributed by atoms with Crippen LogP contribution in [0.4, 0.5) is 0 Å². The van der Waals surface area contributed by atoms with Crippen LogP contribution in [0.1, 0.15) is 71.6 Å². The fourth-order valence-electron chi connectivity index (χ4n) is 2.65. The highest BCUT2D eigenvalue weighted by Crippen LogP contribution is 2.28. The predicted octanol–water partition coefficient (Wildman–Crippen LogP) is 3.03. The van der Waals surface area contributed by atoms with Gasteiger partial charge in [0.2, 0.25) is 0 Å². The first-order valence-electron chi connectivity index (χ1n) is 7.70. The van der Waals surface area contributed by atoms with Gasteiger partial charge in [0, 0.05) is 6.42 Å². The minimum Gasteiger partial charge on any atom is -0.390 e. The standard InChI is InChI=1S/C15H30O3/c1-3-5-7-9-12(16)15-11-13(17)14(18-15)10-8-6-4-2/h12-17H,3-11H2,1-2H3/t12-,13-,14-,15-/m0/s1. The van der Waals surface area contributed by atoms with E-state index in [4.69, 9.17) is 4.74 Å². The lowest BCUT2D eigenvalue weighted by Crippen LogP contribution is -2.26. The molecule has 0 amide bonds. The van der Waals surface area contributed by atoms with E-state index in [1.165, 1.54) is 19.3 Å². The summed E-state index contributed by atoms with van der Waals surface area (Å²) in [7, 11) is 0. The molecule has 4 atom stereocenters. The maximum Gasteiger partial charge on any atom is 0.0864 e. The van der Waals surface area contributed by atoms with Gasteiger partial charge in [-0.25, -0.2) is 0 Å². The number of hydrogen-bond acceptors (Lipinski definition) is 3. The van der Waals surface area contributed by atoms with Gasteiger partial charge in [0.15, 0.2) is 0 Å². The van der Waals surface area contributed by atoms with Gasteiger partial charge in [-0.05, 0) is 12.8 Å². The molecule has 1 heterocycles. The van der Waals surface area contributed by atoms with Crippen molar-refractivity contribution in [1.29, 1.82) is 0 Å². The Balaban J connectivity index is 2.24. The van der Waals surface area contributed by atoms with Crippen molar-refractivity contribution in [2.45, 2.75) is 96.1 Å². The number of rotatable bonds is 9. The van der Waals surface area contributed by atoms with Crippen LogP contribution in [0.3, 0.4) is 0 Å². The molecule has 0 bridgehead atoms. The van der Waals surface area contributed by atoms with E-state index in [9.17, 15) is 10.2 Å². The van der Waals surface area contributed by atoms with Crippen LogP contribution in [0.15, 0.2) is 0 Å². The summed E-state index contributed by atoms with van der Waals surface area (Å²) >= 11 is 0. The van der Waals surface area contributed by atoms with Crippen molar-refractivity contribution >= 4 is 0 Å². The van der Waals surface area contributed by atoms with E-state index >= 15 is 0 Å². The molecule has 0 aromatic heterocycles. The first-order chi connectivity index (χ1) is 8.69. The molecular formula is C15H30O3. The Bertz CT molecular complexity index is 208. The van der Waals surface area contributed by atoms with Crippen molar-refractivity contribution in [2.24, 2.45) is 0 Å². The number of ether oxygens (including phenoxy) is 1. The second-order valence-corrected chi connectivity index (χ2v) is 5.57. The zero-order valence-corrected chi connectivity index (χ0v) is 12.0. The van der Waals surface area contributed by atoms with E-state index in [0.29, 0.717) is 6.42 Å². The largest absolute Gasteiger partial charge is 0.390 e. The second kappa shape index (κ2) is 8.89.